The Hall–Kier alpha value is -2.64. The third-order valence-electron chi connectivity index (χ3n) is 6.18. The zero-order valence-corrected chi connectivity index (χ0v) is 22.6. The van der Waals surface area contributed by atoms with Crippen molar-refractivity contribution in [3.05, 3.63) is 18.3 Å². The quantitative estimate of drug-likeness (QED) is 0.290. The van der Waals surface area contributed by atoms with Gasteiger partial charge in [0.15, 0.2) is 29.9 Å². The van der Waals surface area contributed by atoms with Crippen LogP contribution in [0.1, 0.15) is 5.82 Å². The summed E-state index contributed by atoms with van der Waals surface area (Å²) in [6.45, 7) is -5.73. The lowest BCUT2D eigenvalue weighted by molar-refractivity contribution is -0.119. The van der Waals surface area contributed by atoms with Gasteiger partial charge < -0.3 is 23.6 Å². The normalized spacial score (nSPS) is 36.9. The second kappa shape index (κ2) is 10.3. The minimum absolute atomic E-state index is 0.0220. The first-order valence-electron chi connectivity index (χ1n) is 11.5. The third kappa shape index (κ3) is 5.23. The lowest BCUT2D eigenvalue weighted by Crippen LogP contribution is -2.53. The summed E-state index contributed by atoms with van der Waals surface area (Å²) < 4.78 is 56.6. The maximum atomic E-state index is 15.7. The summed E-state index contributed by atoms with van der Waals surface area (Å²) in [5.41, 5.74) is 0.712. The Balaban J connectivity index is 1.33. The molecule has 22 heteroatoms. The molecule has 4 aliphatic heterocycles. The van der Waals surface area contributed by atoms with Gasteiger partial charge in [0.2, 0.25) is 5.96 Å². The van der Waals surface area contributed by atoms with Crippen molar-refractivity contribution in [1.82, 2.24) is 29.7 Å². The van der Waals surface area contributed by atoms with Crippen LogP contribution in [-0.4, -0.2) is 102 Å². The predicted molar refractivity (Wildman–Crippen MR) is 134 cm³/mol. The number of nitrogens with one attached hydrogen (secondary N) is 2. The van der Waals surface area contributed by atoms with E-state index >= 15 is 4.39 Å². The van der Waals surface area contributed by atoms with Crippen molar-refractivity contribution in [1.29, 1.82) is 5.41 Å². The van der Waals surface area contributed by atoms with Crippen molar-refractivity contribution in [2.75, 3.05) is 13.2 Å². The largest absolute Gasteiger partial charge is 0.472 e. The lowest BCUT2D eigenvalue weighted by atomic mass is 10.1. The highest BCUT2D eigenvalue weighted by molar-refractivity contribution is 8.07. The number of aliphatic imine (C=N–C) groups is 2. The highest BCUT2D eigenvalue weighted by atomic mass is 32.5. The predicted octanol–water partition coefficient (Wildman–Crippen LogP) is -0.669. The average Bonchev–Trinajstić information content (AvgIpc) is 3.55. The molecule has 2 bridgehead atoms. The van der Waals surface area contributed by atoms with Gasteiger partial charge in [-0.2, -0.15) is 4.99 Å². The monoisotopic (exact) mass is 619 g/mol. The number of phosphoric ester groups is 1. The topological polar surface area (TPSA) is 228 Å². The molecular formula is C18H20FN9O9P2S. The van der Waals surface area contributed by atoms with E-state index in [1.165, 1.54) is 17.1 Å². The number of amidine groups is 1. The van der Waals surface area contributed by atoms with Crippen LogP contribution in [-0.2, 0) is 57.1 Å². The number of hydrogen-bond acceptors (Lipinski definition) is 14. The molecule has 6 heterocycles. The first kappa shape index (κ1) is 27.5. The zero-order valence-electron chi connectivity index (χ0n) is 20.0. The van der Waals surface area contributed by atoms with Crippen LogP contribution in [0.25, 0.3) is 11.2 Å². The first-order valence-corrected chi connectivity index (χ1v) is 15.6. The van der Waals surface area contributed by atoms with Crippen LogP contribution in [0.15, 0.2) is 22.5 Å². The Kier molecular flexibility index (Phi) is 7.10. The molecule has 18 nitrogen and oxygen atoms in total. The van der Waals surface area contributed by atoms with Crippen LogP contribution in [0.3, 0.4) is 0 Å². The number of ether oxygens (including phenoxy) is 1. The van der Waals surface area contributed by atoms with E-state index in [0.29, 0.717) is 11.2 Å². The van der Waals surface area contributed by atoms with Gasteiger partial charge in [0.1, 0.15) is 36.5 Å². The number of phosphoric acid groups is 1. The van der Waals surface area contributed by atoms with Gasteiger partial charge in [-0.25, -0.2) is 23.9 Å². The van der Waals surface area contributed by atoms with E-state index < -0.39 is 70.3 Å². The fraction of sp³-hybridized carbons (Fsp3) is 0.500. The van der Waals surface area contributed by atoms with Crippen LogP contribution in [0.4, 0.5) is 4.39 Å². The highest BCUT2D eigenvalue weighted by Gasteiger charge is 2.54. The van der Waals surface area contributed by atoms with E-state index in [4.69, 9.17) is 40.0 Å². The highest BCUT2D eigenvalue weighted by Crippen LogP contribution is 2.50. The van der Waals surface area contributed by atoms with E-state index in [-0.39, 0.29) is 24.8 Å². The van der Waals surface area contributed by atoms with Crippen molar-refractivity contribution < 1.29 is 46.4 Å². The summed E-state index contributed by atoms with van der Waals surface area (Å²) >= 11 is 5.17. The number of hydrogen-bond donors (Lipinski definition) is 4. The number of nitrogens with zero attached hydrogens (tertiary/aromatic N) is 7. The molecule has 2 aromatic heterocycles. The molecule has 7 atom stereocenters. The summed E-state index contributed by atoms with van der Waals surface area (Å²) in [5.74, 6) is -0.987. The van der Waals surface area contributed by atoms with Gasteiger partial charge >= 0.3 is 14.5 Å². The number of halogens is 1. The smallest absolute Gasteiger partial charge is 0.346 e. The maximum Gasteiger partial charge on any atom is 0.472 e. The van der Waals surface area contributed by atoms with Crippen LogP contribution in [0.2, 0.25) is 0 Å². The third-order valence-corrected chi connectivity index (χ3v) is 8.70. The summed E-state index contributed by atoms with van der Waals surface area (Å²) in [5, 5.41) is 9.95. The van der Waals surface area contributed by atoms with E-state index in [2.05, 4.69) is 30.3 Å². The number of imidazole rings is 1. The summed E-state index contributed by atoms with van der Waals surface area (Å²) in [6.07, 6.45) is -2.87. The van der Waals surface area contributed by atoms with Gasteiger partial charge in [-0.1, -0.05) is 0 Å². The summed E-state index contributed by atoms with van der Waals surface area (Å²) in [6, 6.07) is -1.14. The minimum Gasteiger partial charge on any atom is -0.346 e. The van der Waals surface area contributed by atoms with Crippen LogP contribution in [0.5, 0.6) is 0 Å². The van der Waals surface area contributed by atoms with E-state index in [9.17, 15) is 19.1 Å². The number of alkyl halides is 1. The second-order valence-corrected chi connectivity index (χ2v) is 13.0. The Bertz CT molecular complexity index is 1540. The minimum atomic E-state index is -4.69. The molecule has 1 saturated heterocycles. The molecule has 2 aromatic rings. The molecular weight excluding hydrogens is 599 g/mol. The molecule has 0 radical (unpaired) electrons. The van der Waals surface area contributed by atoms with Crippen LogP contribution < -0.4 is 5.32 Å². The number of carbonyl (C=O) groups is 1. The molecule has 4 aliphatic rings. The van der Waals surface area contributed by atoms with Gasteiger partial charge in [-0.3, -0.25) is 39.0 Å². The number of guanidine groups is 1. The number of aromatic nitrogens is 4. The molecule has 1 amide bonds. The van der Waals surface area contributed by atoms with Crippen molar-refractivity contribution >= 4 is 61.6 Å². The van der Waals surface area contributed by atoms with Gasteiger partial charge in [0.25, 0.3) is 5.91 Å². The standard InChI is InChI=1S/C18H20FN9O9P2S/c19-11-9-4-34-38(30,31)33-2-1-27-10(24-8-3-21-6-22-14(8)27)5-35-39(32,40)37-13(11)17(36-9)28-7-23-12-15(28)25-18(20)26-16(12)29/h3,6-7,9,11-13,17H,1-2,4-5H2,(H,30,31)(H,32,40)(H2,20,26,29)/t9-,11+,12?,13-,17-,39?/m1/s1. The summed E-state index contributed by atoms with van der Waals surface area (Å²) in [4.78, 5) is 54.9. The Labute approximate surface area is 228 Å². The number of amides is 1. The van der Waals surface area contributed by atoms with Gasteiger partial charge in [-0.15, -0.1) is 0 Å². The SMILES string of the molecule is N=C1N=C2C(N=CN2[C@@H]2O[C@@H]3COP(=O)(O)OCCn4c(nc5cncnc54)COP(O)(=S)O[C@@H]2[C@H]3F)C(=O)N1. The van der Waals surface area contributed by atoms with Crippen LogP contribution >= 0.6 is 14.5 Å². The Morgan fingerprint density at radius 2 is 2.10 bits per heavy atom. The van der Waals surface area contributed by atoms with Gasteiger partial charge in [0.05, 0.1) is 25.7 Å². The molecule has 3 unspecified atom stereocenters. The Morgan fingerprint density at radius 3 is 2.92 bits per heavy atom. The average molecular weight is 619 g/mol. The lowest BCUT2D eigenvalue weighted by Gasteiger charge is -2.31. The van der Waals surface area contributed by atoms with E-state index in [0.717, 1.165) is 11.2 Å². The molecule has 6 rings (SSSR count). The second-order valence-electron chi connectivity index (χ2n) is 8.71. The fourth-order valence-corrected chi connectivity index (χ4v) is 6.49. The fourth-order valence-electron chi connectivity index (χ4n) is 4.44. The molecule has 0 aromatic carbocycles. The van der Waals surface area contributed by atoms with Crippen molar-refractivity contribution in [3.8, 4) is 0 Å². The molecule has 40 heavy (non-hydrogen) atoms. The van der Waals surface area contributed by atoms with E-state index in [1.54, 1.807) is 0 Å². The van der Waals surface area contributed by atoms with Crippen molar-refractivity contribution in [3.63, 3.8) is 0 Å². The van der Waals surface area contributed by atoms with Crippen LogP contribution in [0, 0.1) is 5.41 Å². The molecule has 1 fully saturated rings. The number of fused-ring (bicyclic) bond motifs is 6. The van der Waals surface area contributed by atoms with Crippen molar-refractivity contribution in [2.45, 2.75) is 43.8 Å². The molecule has 4 N–H and O–H groups in total. The zero-order chi connectivity index (χ0) is 28.2. The molecule has 0 saturated carbocycles. The molecule has 214 valence electrons. The maximum absolute atomic E-state index is 15.7. The Morgan fingerprint density at radius 1 is 1.27 bits per heavy atom. The summed E-state index contributed by atoms with van der Waals surface area (Å²) in [7, 11) is -4.69. The molecule has 0 aliphatic carbocycles. The van der Waals surface area contributed by atoms with Crippen molar-refractivity contribution in [2.24, 2.45) is 9.98 Å². The van der Waals surface area contributed by atoms with E-state index in [1.807, 2.05) is 0 Å². The number of carbonyl (C=O) groups excluding carboxylic acids is 1. The molecule has 0 spiro atoms. The van der Waals surface area contributed by atoms with Gasteiger partial charge in [-0.05, 0) is 11.8 Å². The van der Waals surface area contributed by atoms with Gasteiger partial charge in [0, 0.05) is 6.54 Å². The number of rotatable bonds is 1. The first-order chi connectivity index (χ1) is 19.0.